The van der Waals surface area contributed by atoms with Gasteiger partial charge in [0.2, 0.25) is 0 Å². The van der Waals surface area contributed by atoms with Crippen molar-refractivity contribution in [1.82, 2.24) is 0 Å². The lowest BCUT2D eigenvalue weighted by molar-refractivity contribution is 0.373. The third-order valence-corrected chi connectivity index (χ3v) is 2.53. The molecular weight excluding hydrogens is 266 g/mol. The van der Waals surface area contributed by atoms with E-state index >= 15 is 0 Å². The van der Waals surface area contributed by atoms with E-state index in [-0.39, 0.29) is 11.4 Å². The van der Waals surface area contributed by atoms with Crippen LogP contribution in [-0.2, 0) is 0 Å². The molecule has 2 aromatic carbocycles. The van der Waals surface area contributed by atoms with E-state index in [0.29, 0.717) is 11.3 Å². The minimum absolute atomic E-state index is 0.0159. The number of nitrogens with one attached hydrogen (secondary N) is 1. The summed E-state index contributed by atoms with van der Waals surface area (Å²) in [5, 5.41) is 13.3. The van der Waals surface area contributed by atoms with E-state index < -0.39 is 11.6 Å². The number of benzene rings is 2. The molecule has 0 aliphatic rings. The minimum Gasteiger partial charge on any atom is -0.504 e. The van der Waals surface area contributed by atoms with E-state index in [1.165, 1.54) is 25.5 Å². The summed E-state index contributed by atoms with van der Waals surface area (Å²) in [5.74, 6) is -1.06. The number of hydrogen-bond acceptors (Lipinski definition) is 4. The van der Waals surface area contributed by atoms with Gasteiger partial charge < -0.3 is 9.84 Å². The van der Waals surface area contributed by atoms with Crippen molar-refractivity contribution in [3.05, 3.63) is 53.6 Å². The number of anilines is 1. The van der Waals surface area contributed by atoms with Crippen LogP contribution in [0.25, 0.3) is 0 Å². The second-order valence-electron chi connectivity index (χ2n) is 3.93. The molecule has 0 saturated carbocycles. The van der Waals surface area contributed by atoms with Gasteiger partial charge in [-0.05, 0) is 35.9 Å². The van der Waals surface area contributed by atoms with E-state index in [1.54, 1.807) is 12.1 Å². The lowest BCUT2D eigenvalue weighted by Crippen LogP contribution is -1.95. The average Bonchev–Trinajstić information content (AvgIpc) is 2.43. The summed E-state index contributed by atoms with van der Waals surface area (Å²) < 4.78 is 31.0. The molecule has 0 heterocycles. The van der Waals surface area contributed by atoms with E-state index in [4.69, 9.17) is 4.74 Å². The number of halogens is 2. The molecule has 0 aliphatic heterocycles. The van der Waals surface area contributed by atoms with Crippen molar-refractivity contribution < 1.29 is 18.6 Å². The highest BCUT2D eigenvalue weighted by atomic mass is 19.1. The Balaban J connectivity index is 2.10. The lowest BCUT2D eigenvalue weighted by atomic mass is 10.2. The van der Waals surface area contributed by atoms with Crippen LogP contribution >= 0.6 is 0 Å². The number of hydrazone groups is 1. The molecule has 2 N–H and O–H groups in total. The third-order valence-electron chi connectivity index (χ3n) is 2.53. The maximum Gasteiger partial charge on any atom is 0.161 e. The van der Waals surface area contributed by atoms with Crippen LogP contribution in [0.1, 0.15) is 5.56 Å². The first-order valence-corrected chi connectivity index (χ1v) is 5.71. The second kappa shape index (κ2) is 6.01. The average molecular weight is 278 g/mol. The fourth-order valence-corrected chi connectivity index (χ4v) is 1.53. The molecule has 0 atom stereocenters. The van der Waals surface area contributed by atoms with Crippen LogP contribution in [0, 0.1) is 11.6 Å². The molecule has 0 unspecified atom stereocenters. The van der Waals surface area contributed by atoms with Crippen molar-refractivity contribution >= 4 is 11.9 Å². The molecule has 0 aliphatic carbocycles. The van der Waals surface area contributed by atoms with Crippen molar-refractivity contribution in [2.45, 2.75) is 0 Å². The summed E-state index contributed by atoms with van der Waals surface area (Å²) in [5.41, 5.74) is 3.18. The van der Waals surface area contributed by atoms with Crippen molar-refractivity contribution in [3.63, 3.8) is 0 Å². The van der Waals surface area contributed by atoms with Gasteiger partial charge in [-0.15, -0.1) is 0 Å². The number of hydrogen-bond donors (Lipinski definition) is 2. The molecule has 6 heteroatoms. The Morgan fingerprint density at radius 2 is 2.00 bits per heavy atom. The number of phenolic OH excluding ortho intramolecular Hbond substituents is 1. The lowest BCUT2D eigenvalue weighted by Gasteiger charge is -2.04. The van der Waals surface area contributed by atoms with Gasteiger partial charge in [0.15, 0.2) is 17.3 Å². The van der Waals surface area contributed by atoms with Gasteiger partial charge in [-0.3, -0.25) is 5.43 Å². The summed E-state index contributed by atoms with van der Waals surface area (Å²) in [6.07, 6.45) is 1.42. The summed E-state index contributed by atoms with van der Waals surface area (Å²) in [4.78, 5) is 0. The Morgan fingerprint density at radius 1 is 1.20 bits per heavy atom. The van der Waals surface area contributed by atoms with E-state index in [0.717, 1.165) is 12.1 Å². The van der Waals surface area contributed by atoms with E-state index in [2.05, 4.69) is 10.5 Å². The van der Waals surface area contributed by atoms with Crippen LogP contribution in [0.3, 0.4) is 0 Å². The van der Waals surface area contributed by atoms with Crippen LogP contribution in [0.15, 0.2) is 41.5 Å². The van der Waals surface area contributed by atoms with Gasteiger partial charge in [-0.2, -0.15) is 5.10 Å². The highest BCUT2D eigenvalue weighted by molar-refractivity contribution is 5.81. The number of methoxy groups -OCH3 is 1. The molecule has 104 valence electrons. The fourth-order valence-electron chi connectivity index (χ4n) is 1.53. The molecule has 2 aromatic rings. The molecule has 0 spiro atoms. The predicted octanol–water partition coefficient (Wildman–Crippen LogP) is 3.13. The molecular formula is C14H12F2N2O2. The maximum atomic E-state index is 13.3. The van der Waals surface area contributed by atoms with Crippen molar-refractivity contribution in [1.29, 1.82) is 0 Å². The van der Waals surface area contributed by atoms with Crippen molar-refractivity contribution in [2.24, 2.45) is 5.10 Å². The zero-order valence-electron chi connectivity index (χ0n) is 10.6. The zero-order chi connectivity index (χ0) is 14.5. The molecule has 2 rings (SSSR count). The van der Waals surface area contributed by atoms with Crippen molar-refractivity contribution in [2.75, 3.05) is 12.5 Å². The monoisotopic (exact) mass is 278 g/mol. The van der Waals surface area contributed by atoms with E-state index in [1.807, 2.05) is 0 Å². The number of aromatic hydroxyl groups is 1. The third kappa shape index (κ3) is 3.23. The van der Waals surface area contributed by atoms with Crippen LogP contribution in [0.4, 0.5) is 14.5 Å². The molecule has 0 bridgehead atoms. The van der Waals surface area contributed by atoms with Gasteiger partial charge >= 0.3 is 0 Å². The molecule has 0 radical (unpaired) electrons. The highest BCUT2D eigenvalue weighted by Crippen LogP contribution is 2.25. The Bertz CT molecular complexity index is 645. The normalized spacial score (nSPS) is 10.8. The Morgan fingerprint density at radius 3 is 2.70 bits per heavy atom. The van der Waals surface area contributed by atoms with Gasteiger partial charge in [0.25, 0.3) is 0 Å². The Labute approximate surface area is 114 Å². The summed E-state index contributed by atoms with van der Waals surface area (Å²) in [6, 6.07) is 7.79. The smallest absolute Gasteiger partial charge is 0.161 e. The van der Waals surface area contributed by atoms with Gasteiger partial charge in [0, 0.05) is 6.07 Å². The van der Waals surface area contributed by atoms with Crippen LogP contribution in [0.2, 0.25) is 0 Å². The standard InChI is InChI=1S/C14H12F2N2O2/c1-20-14-6-9(2-5-13(14)19)8-17-18-12-4-3-10(15)7-11(12)16/h2-8,18-19H,1H3. The van der Waals surface area contributed by atoms with Crippen molar-refractivity contribution in [3.8, 4) is 11.5 Å². The molecule has 0 fully saturated rings. The predicted molar refractivity (Wildman–Crippen MR) is 72.2 cm³/mol. The van der Waals surface area contributed by atoms with Gasteiger partial charge in [0.1, 0.15) is 5.82 Å². The maximum absolute atomic E-state index is 13.3. The van der Waals surface area contributed by atoms with Crippen LogP contribution in [0.5, 0.6) is 11.5 Å². The fraction of sp³-hybridized carbons (Fsp3) is 0.0714. The quantitative estimate of drug-likeness (QED) is 0.667. The van der Waals surface area contributed by atoms with Crippen LogP contribution in [-0.4, -0.2) is 18.4 Å². The highest BCUT2D eigenvalue weighted by Gasteiger charge is 2.03. The molecule has 20 heavy (non-hydrogen) atoms. The molecule has 4 nitrogen and oxygen atoms in total. The summed E-state index contributed by atoms with van der Waals surface area (Å²) >= 11 is 0. The zero-order valence-corrected chi connectivity index (χ0v) is 10.6. The second-order valence-corrected chi connectivity index (χ2v) is 3.93. The van der Waals surface area contributed by atoms with Gasteiger partial charge in [-0.1, -0.05) is 0 Å². The Hall–Kier alpha value is -2.63. The SMILES string of the molecule is COc1cc(C=NNc2ccc(F)cc2F)ccc1O. The molecule has 0 saturated heterocycles. The topological polar surface area (TPSA) is 53.8 Å². The number of phenols is 1. The summed E-state index contributed by atoms with van der Waals surface area (Å²) in [7, 11) is 1.43. The number of rotatable bonds is 4. The summed E-state index contributed by atoms with van der Waals surface area (Å²) in [6.45, 7) is 0. The first-order chi connectivity index (χ1) is 9.60. The first-order valence-electron chi connectivity index (χ1n) is 5.71. The largest absolute Gasteiger partial charge is 0.504 e. The minimum atomic E-state index is -0.731. The number of nitrogens with zero attached hydrogens (tertiary/aromatic N) is 1. The van der Waals surface area contributed by atoms with Gasteiger partial charge in [0.05, 0.1) is 19.0 Å². The Kier molecular flexibility index (Phi) is 4.14. The molecule has 0 aromatic heterocycles. The van der Waals surface area contributed by atoms with Gasteiger partial charge in [-0.25, -0.2) is 8.78 Å². The van der Waals surface area contributed by atoms with E-state index in [9.17, 15) is 13.9 Å². The first kappa shape index (κ1) is 13.8. The molecule has 0 amide bonds. The number of ether oxygens (including phenoxy) is 1. The van der Waals surface area contributed by atoms with Crippen LogP contribution < -0.4 is 10.2 Å².